The molecule has 0 spiro atoms. The Labute approximate surface area is 125 Å². The van der Waals surface area contributed by atoms with Gasteiger partial charge < -0.3 is 9.47 Å². The van der Waals surface area contributed by atoms with Gasteiger partial charge in [0.1, 0.15) is 5.60 Å². The number of ether oxygens (including phenoxy) is 2. The summed E-state index contributed by atoms with van der Waals surface area (Å²) in [6.07, 6.45) is 6.27. The fourth-order valence-electron chi connectivity index (χ4n) is 4.86. The quantitative estimate of drug-likeness (QED) is 0.590. The van der Waals surface area contributed by atoms with Crippen LogP contribution >= 0.6 is 0 Å². The predicted molar refractivity (Wildman–Crippen MR) is 77.3 cm³/mol. The molecule has 1 unspecified atom stereocenters. The standard InChI is InChI=1S/C17H24O4/c1-4-15(18)20-10(2)16(19)21-17(3)13-6-11-5-12(8-13)9-14(17)7-11/h4,10-14H,1,5-9H2,2-3H3. The van der Waals surface area contributed by atoms with Crippen molar-refractivity contribution >= 4 is 11.9 Å². The Morgan fingerprint density at radius 1 is 1.14 bits per heavy atom. The summed E-state index contributed by atoms with van der Waals surface area (Å²) in [7, 11) is 0. The molecule has 0 heterocycles. The zero-order valence-electron chi connectivity index (χ0n) is 12.8. The molecule has 4 rings (SSSR count). The minimum Gasteiger partial charge on any atom is -0.456 e. The molecular weight excluding hydrogens is 268 g/mol. The summed E-state index contributed by atoms with van der Waals surface area (Å²) >= 11 is 0. The van der Waals surface area contributed by atoms with Crippen molar-refractivity contribution in [2.24, 2.45) is 23.7 Å². The van der Waals surface area contributed by atoms with Crippen LogP contribution in [0.5, 0.6) is 0 Å². The Morgan fingerprint density at radius 2 is 1.67 bits per heavy atom. The maximum Gasteiger partial charge on any atom is 0.347 e. The minimum absolute atomic E-state index is 0.376. The molecule has 4 heteroatoms. The van der Waals surface area contributed by atoms with Gasteiger partial charge >= 0.3 is 11.9 Å². The summed E-state index contributed by atoms with van der Waals surface area (Å²) in [5, 5.41) is 0. The Morgan fingerprint density at radius 3 is 2.14 bits per heavy atom. The van der Waals surface area contributed by atoms with Gasteiger partial charge in [0.2, 0.25) is 0 Å². The van der Waals surface area contributed by atoms with E-state index in [-0.39, 0.29) is 5.60 Å². The number of hydrogen-bond donors (Lipinski definition) is 0. The summed E-state index contributed by atoms with van der Waals surface area (Å²) in [4.78, 5) is 23.5. The van der Waals surface area contributed by atoms with Crippen LogP contribution in [0, 0.1) is 23.7 Å². The smallest absolute Gasteiger partial charge is 0.347 e. The number of esters is 2. The second-order valence-electron chi connectivity index (χ2n) is 7.19. The summed E-state index contributed by atoms with van der Waals surface area (Å²) in [5.41, 5.74) is -0.376. The lowest BCUT2D eigenvalue weighted by Gasteiger charge is -2.59. The van der Waals surface area contributed by atoms with Crippen molar-refractivity contribution in [3.05, 3.63) is 12.7 Å². The van der Waals surface area contributed by atoms with E-state index in [1.54, 1.807) is 6.92 Å². The topological polar surface area (TPSA) is 52.6 Å². The van der Waals surface area contributed by atoms with Gasteiger partial charge in [0, 0.05) is 6.08 Å². The van der Waals surface area contributed by atoms with Crippen molar-refractivity contribution in [2.45, 2.75) is 57.7 Å². The van der Waals surface area contributed by atoms with Crippen molar-refractivity contribution in [2.75, 3.05) is 0 Å². The lowest BCUT2D eigenvalue weighted by atomic mass is 9.50. The van der Waals surface area contributed by atoms with Crippen LogP contribution in [0.2, 0.25) is 0 Å². The first-order valence-corrected chi connectivity index (χ1v) is 7.98. The first-order chi connectivity index (χ1) is 9.92. The Hall–Kier alpha value is -1.32. The highest BCUT2D eigenvalue weighted by molar-refractivity contribution is 5.85. The second kappa shape index (κ2) is 5.15. The van der Waals surface area contributed by atoms with Crippen LogP contribution in [0.25, 0.3) is 0 Å². The predicted octanol–water partition coefficient (Wildman–Crippen LogP) is 2.86. The summed E-state index contributed by atoms with van der Waals surface area (Å²) in [5.74, 6) is 1.58. The molecule has 0 radical (unpaired) electrons. The van der Waals surface area contributed by atoms with E-state index in [4.69, 9.17) is 9.47 Å². The van der Waals surface area contributed by atoms with Crippen LogP contribution in [0.3, 0.4) is 0 Å². The highest BCUT2D eigenvalue weighted by atomic mass is 16.6. The fraction of sp³-hybridized carbons (Fsp3) is 0.765. The Balaban J connectivity index is 1.67. The molecule has 0 aromatic heterocycles. The maximum absolute atomic E-state index is 12.3. The molecule has 4 fully saturated rings. The van der Waals surface area contributed by atoms with Crippen LogP contribution < -0.4 is 0 Å². The van der Waals surface area contributed by atoms with E-state index in [1.165, 1.54) is 32.1 Å². The molecule has 4 nitrogen and oxygen atoms in total. The maximum atomic E-state index is 12.3. The molecule has 0 saturated heterocycles. The highest BCUT2D eigenvalue weighted by Crippen LogP contribution is 2.59. The van der Waals surface area contributed by atoms with Gasteiger partial charge in [0.05, 0.1) is 0 Å². The van der Waals surface area contributed by atoms with Crippen LogP contribution in [0.4, 0.5) is 0 Å². The summed E-state index contributed by atoms with van der Waals surface area (Å²) in [6, 6.07) is 0. The van der Waals surface area contributed by atoms with Gasteiger partial charge in [0.15, 0.2) is 6.10 Å². The third-order valence-corrected chi connectivity index (χ3v) is 5.87. The molecule has 4 aliphatic carbocycles. The van der Waals surface area contributed by atoms with Gasteiger partial charge in [-0.1, -0.05) is 6.58 Å². The molecule has 0 amide bonds. The van der Waals surface area contributed by atoms with Crippen molar-refractivity contribution in [1.82, 2.24) is 0 Å². The van der Waals surface area contributed by atoms with Crippen molar-refractivity contribution in [3.8, 4) is 0 Å². The average molecular weight is 292 g/mol. The molecule has 0 aromatic carbocycles. The molecule has 4 bridgehead atoms. The molecular formula is C17H24O4. The molecule has 21 heavy (non-hydrogen) atoms. The van der Waals surface area contributed by atoms with Crippen molar-refractivity contribution < 1.29 is 19.1 Å². The van der Waals surface area contributed by atoms with E-state index < -0.39 is 18.0 Å². The van der Waals surface area contributed by atoms with Crippen LogP contribution in [0.1, 0.15) is 46.0 Å². The van der Waals surface area contributed by atoms with E-state index in [0.717, 1.165) is 17.9 Å². The highest BCUT2D eigenvalue weighted by Gasteiger charge is 2.57. The first-order valence-electron chi connectivity index (χ1n) is 7.98. The number of rotatable bonds is 4. The van der Waals surface area contributed by atoms with Crippen LogP contribution in [0.15, 0.2) is 12.7 Å². The Kier molecular flexibility index (Phi) is 3.58. The lowest BCUT2D eigenvalue weighted by Crippen LogP contribution is -2.58. The van der Waals surface area contributed by atoms with E-state index in [0.29, 0.717) is 11.8 Å². The van der Waals surface area contributed by atoms with Crippen molar-refractivity contribution in [3.63, 3.8) is 0 Å². The van der Waals surface area contributed by atoms with Gasteiger partial charge in [-0.05, 0) is 69.6 Å². The zero-order chi connectivity index (χ0) is 15.2. The van der Waals surface area contributed by atoms with Crippen LogP contribution in [-0.4, -0.2) is 23.6 Å². The molecule has 1 atom stereocenters. The van der Waals surface area contributed by atoms with E-state index in [1.807, 2.05) is 0 Å². The minimum atomic E-state index is -0.871. The van der Waals surface area contributed by atoms with Gasteiger partial charge in [-0.15, -0.1) is 0 Å². The molecule has 116 valence electrons. The number of carbonyl (C=O) groups excluding carboxylic acids is 2. The van der Waals surface area contributed by atoms with E-state index in [9.17, 15) is 9.59 Å². The second-order valence-corrected chi connectivity index (χ2v) is 7.19. The van der Waals surface area contributed by atoms with Gasteiger partial charge in [-0.2, -0.15) is 0 Å². The summed E-state index contributed by atoms with van der Waals surface area (Å²) < 4.78 is 10.8. The monoisotopic (exact) mass is 292 g/mol. The van der Waals surface area contributed by atoms with Gasteiger partial charge in [-0.3, -0.25) is 0 Å². The normalized spacial score (nSPS) is 41.4. The molecule has 0 aromatic rings. The number of carbonyl (C=O) groups is 2. The largest absolute Gasteiger partial charge is 0.456 e. The first kappa shape index (κ1) is 14.6. The third-order valence-electron chi connectivity index (χ3n) is 5.87. The van der Waals surface area contributed by atoms with Crippen molar-refractivity contribution in [1.29, 1.82) is 0 Å². The zero-order valence-corrected chi connectivity index (χ0v) is 12.8. The Bertz CT molecular complexity index is 439. The van der Waals surface area contributed by atoms with Gasteiger partial charge in [-0.25, -0.2) is 9.59 Å². The summed E-state index contributed by atoms with van der Waals surface area (Å²) in [6.45, 7) is 6.98. The SMILES string of the molecule is C=CC(=O)OC(C)C(=O)OC1(C)C2CC3CC(C2)CC1C3. The van der Waals surface area contributed by atoms with Gasteiger partial charge in [0.25, 0.3) is 0 Å². The van der Waals surface area contributed by atoms with E-state index in [2.05, 4.69) is 13.5 Å². The molecule has 4 saturated carbocycles. The van der Waals surface area contributed by atoms with Crippen LogP contribution in [-0.2, 0) is 19.1 Å². The fourth-order valence-corrected chi connectivity index (χ4v) is 4.86. The molecule has 4 aliphatic rings. The molecule has 0 aliphatic heterocycles. The third kappa shape index (κ3) is 2.49. The number of hydrogen-bond acceptors (Lipinski definition) is 4. The van der Waals surface area contributed by atoms with E-state index >= 15 is 0 Å². The lowest BCUT2D eigenvalue weighted by molar-refractivity contribution is -0.211. The molecule has 0 N–H and O–H groups in total. The average Bonchev–Trinajstić information content (AvgIpc) is 2.44.